The first-order valence-electron chi connectivity index (χ1n) is 7.49. The van der Waals surface area contributed by atoms with E-state index in [1.165, 1.54) is 25.1 Å². The van der Waals surface area contributed by atoms with Crippen LogP contribution in [0.5, 0.6) is 0 Å². The van der Waals surface area contributed by atoms with E-state index in [1.54, 1.807) is 12.3 Å². The van der Waals surface area contributed by atoms with Gasteiger partial charge < -0.3 is 9.72 Å². The van der Waals surface area contributed by atoms with Crippen LogP contribution in [0.25, 0.3) is 10.9 Å². The summed E-state index contributed by atoms with van der Waals surface area (Å²) in [5, 5.41) is 11.6. The Hall–Kier alpha value is -3.48. The molecule has 0 bridgehead atoms. The second-order valence-corrected chi connectivity index (χ2v) is 5.51. The summed E-state index contributed by atoms with van der Waals surface area (Å²) in [4.78, 5) is 37.6. The molecule has 7 heteroatoms. The zero-order valence-corrected chi connectivity index (χ0v) is 13.3. The van der Waals surface area contributed by atoms with Gasteiger partial charge in [0.15, 0.2) is 6.61 Å². The maximum atomic E-state index is 12.3. The molecule has 0 aliphatic carbocycles. The van der Waals surface area contributed by atoms with Crippen molar-refractivity contribution in [3.05, 3.63) is 75.5 Å². The highest BCUT2D eigenvalue weighted by Crippen LogP contribution is 2.20. The van der Waals surface area contributed by atoms with Crippen molar-refractivity contribution in [3.8, 4) is 0 Å². The molecule has 7 nitrogen and oxygen atoms in total. The number of fused-ring (bicyclic) bond motifs is 1. The van der Waals surface area contributed by atoms with Gasteiger partial charge in [0.2, 0.25) is 5.78 Å². The van der Waals surface area contributed by atoms with Gasteiger partial charge in [0.1, 0.15) is 0 Å². The lowest BCUT2D eigenvalue weighted by Crippen LogP contribution is -2.14. The number of benzene rings is 2. The van der Waals surface area contributed by atoms with Crippen molar-refractivity contribution in [1.82, 2.24) is 4.98 Å². The first-order chi connectivity index (χ1) is 12.0. The minimum absolute atomic E-state index is 0.0774. The summed E-state index contributed by atoms with van der Waals surface area (Å²) in [6, 6.07) is 11.2. The number of nitrogens with one attached hydrogen (secondary N) is 1. The SMILES string of the molecule is Cc1cc(C(=O)OCC(=O)c2c[nH]c3ccccc23)ccc1[N+](=O)[O-]. The largest absolute Gasteiger partial charge is 0.454 e. The Morgan fingerprint density at radius 3 is 2.68 bits per heavy atom. The fraction of sp³-hybridized carbons (Fsp3) is 0.111. The predicted molar refractivity (Wildman–Crippen MR) is 90.7 cm³/mol. The van der Waals surface area contributed by atoms with Crippen LogP contribution in [0.1, 0.15) is 26.3 Å². The van der Waals surface area contributed by atoms with Gasteiger partial charge in [-0.15, -0.1) is 0 Å². The summed E-state index contributed by atoms with van der Waals surface area (Å²) in [6.07, 6.45) is 1.58. The lowest BCUT2D eigenvalue weighted by atomic mass is 10.1. The van der Waals surface area contributed by atoms with Gasteiger partial charge in [-0.05, 0) is 25.1 Å². The molecule has 0 saturated heterocycles. The van der Waals surface area contributed by atoms with Crippen molar-refractivity contribution in [2.24, 2.45) is 0 Å². The van der Waals surface area contributed by atoms with Crippen molar-refractivity contribution < 1.29 is 19.2 Å². The zero-order chi connectivity index (χ0) is 18.0. The van der Waals surface area contributed by atoms with Crippen molar-refractivity contribution in [2.75, 3.05) is 6.61 Å². The van der Waals surface area contributed by atoms with Crippen LogP contribution in [-0.4, -0.2) is 28.3 Å². The third-order valence-electron chi connectivity index (χ3n) is 3.85. The Kier molecular flexibility index (Phi) is 4.30. The summed E-state index contributed by atoms with van der Waals surface area (Å²) in [5.41, 5.74) is 1.70. The van der Waals surface area contributed by atoms with Crippen LogP contribution in [0.4, 0.5) is 5.69 Å². The molecule has 0 radical (unpaired) electrons. The summed E-state index contributed by atoms with van der Waals surface area (Å²) < 4.78 is 5.05. The van der Waals surface area contributed by atoms with Crippen LogP contribution >= 0.6 is 0 Å². The number of carbonyl (C=O) groups is 2. The number of Topliss-reactive ketones (excluding diaryl/α,β-unsaturated/α-hetero) is 1. The monoisotopic (exact) mass is 338 g/mol. The Labute approximate surface area is 142 Å². The number of aryl methyl sites for hydroxylation is 1. The molecule has 0 spiro atoms. The smallest absolute Gasteiger partial charge is 0.338 e. The number of nitrogens with zero attached hydrogens (tertiary/aromatic N) is 1. The molecule has 1 N–H and O–H groups in total. The van der Waals surface area contributed by atoms with Crippen LogP contribution in [0.3, 0.4) is 0 Å². The van der Waals surface area contributed by atoms with Crippen LogP contribution in [-0.2, 0) is 4.74 Å². The highest BCUT2D eigenvalue weighted by Gasteiger charge is 2.17. The number of esters is 1. The number of H-pyrrole nitrogens is 1. The van der Waals surface area contributed by atoms with Gasteiger partial charge in [0, 0.05) is 34.3 Å². The number of hydrogen-bond donors (Lipinski definition) is 1. The average molecular weight is 338 g/mol. The molecule has 0 amide bonds. The third-order valence-corrected chi connectivity index (χ3v) is 3.85. The normalized spacial score (nSPS) is 10.6. The number of aromatic amines is 1. The lowest BCUT2D eigenvalue weighted by Gasteiger charge is -2.05. The van der Waals surface area contributed by atoms with Crippen molar-refractivity contribution in [3.63, 3.8) is 0 Å². The number of hydrogen-bond acceptors (Lipinski definition) is 5. The maximum absolute atomic E-state index is 12.3. The van der Waals surface area contributed by atoms with E-state index in [1.807, 2.05) is 18.2 Å². The first kappa shape index (κ1) is 16.4. The minimum atomic E-state index is -0.703. The van der Waals surface area contributed by atoms with Gasteiger partial charge in [-0.1, -0.05) is 18.2 Å². The molecule has 126 valence electrons. The van der Waals surface area contributed by atoms with Crippen LogP contribution < -0.4 is 0 Å². The second-order valence-electron chi connectivity index (χ2n) is 5.51. The number of para-hydroxylation sites is 1. The molecule has 0 unspecified atom stereocenters. The van der Waals surface area contributed by atoms with Gasteiger partial charge in [-0.2, -0.15) is 0 Å². The van der Waals surface area contributed by atoms with Crippen LogP contribution in [0.15, 0.2) is 48.7 Å². The molecule has 0 saturated carbocycles. The number of ketones is 1. The average Bonchev–Trinajstić information content (AvgIpc) is 3.03. The second kappa shape index (κ2) is 6.56. The summed E-state index contributed by atoms with van der Waals surface area (Å²) in [5.74, 6) is -1.03. The van der Waals surface area contributed by atoms with E-state index in [2.05, 4.69) is 4.98 Å². The highest BCUT2D eigenvalue weighted by molar-refractivity contribution is 6.09. The zero-order valence-electron chi connectivity index (χ0n) is 13.3. The topological polar surface area (TPSA) is 102 Å². The van der Waals surface area contributed by atoms with Gasteiger partial charge in [0.25, 0.3) is 5.69 Å². The molecule has 25 heavy (non-hydrogen) atoms. The number of ether oxygens (including phenoxy) is 1. The summed E-state index contributed by atoms with van der Waals surface area (Å²) in [6.45, 7) is 1.13. The minimum Gasteiger partial charge on any atom is -0.454 e. The Balaban J connectivity index is 1.71. The summed E-state index contributed by atoms with van der Waals surface area (Å²) >= 11 is 0. The third kappa shape index (κ3) is 3.25. The van der Waals surface area contributed by atoms with Gasteiger partial charge in [-0.25, -0.2) is 4.79 Å². The fourth-order valence-electron chi connectivity index (χ4n) is 2.58. The van der Waals surface area contributed by atoms with E-state index in [9.17, 15) is 19.7 Å². The molecule has 1 aromatic heterocycles. The van der Waals surface area contributed by atoms with Gasteiger partial charge in [-0.3, -0.25) is 14.9 Å². The Bertz CT molecular complexity index is 990. The molecule has 3 aromatic rings. The number of nitro benzene ring substituents is 1. The molecular weight excluding hydrogens is 324 g/mol. The standard InChI is InChI=1S/C18H14N2O5/c1-11-8-12(6-7-16(11)20(23)24)18(22)25-10-17(21)14-9-19-15-5-3-2-4-13(14)15/h2-9,19H,10H2,1H3. The first-order valence-corrected chi connectivity index (χ1v) is 7.49. The van der Waals surface area contributed by atoms with E-state index in [0.717, 1.165) is 10.9 Å². The highest BCUT2D eigenvalue weighted by atomic mass is 16.6. The maximum Gasteiger partial charge on any atom is 0.338 e. The van der Waals surface area contributed by atoms with Crippen molar-refractivity contribution in [2.45, 2.75) is 6.92 Å². The lowest BCUT2D eigenvalue weighted by molar-refractivity contribution is -0.385. The van der Waals surface area contributed by atoms with Gasteiger partial charge in [0.05, 0.1) is 10.5 Å². The number of nitro groups is 1. The number of rotatable bonds is 5. The Morgan fingerprint density at radius 2 is 1.96 bits per heavy atom. The molecule has 0 aliphatic rings. The number of carbonyl (C=O) groups excluding carboxylic acids is 2. The molecule has 0 atom stereocenters. The molecule has 0 fully saturated rings. The molecule has 3 rings (SSSR count). The summed E-state index contributed by atoms with van der Waals surface area (Å²) in [7, 11) is 0. The quantitative estimate of drug-likeness (QED) is 0.332. The molecular formula is C18H14N2O5. The Morgan fingerprint density at radius 1 is 1.20 bits per heavy atom. The van der Waals surface area contributed by atoms with E-state index in [-0.39, 0.29) is 17.0 Å². The number of aromatic nitrogens is 1. The predicted octanol–water partition coefficient (Wildman–Crippen LogP) is 3.42. The van der Waals surface area contributed by atoms with Gasteiger partial charge >= 0.3 is 5.97 Å². The molecule has 1 heterocycles. The fourth-order valence-corrected chi connectivity index (χ4v) is 2.58. The molecule has 0 aliphatic heterocycles. The van der Waals surface area contributed by atoms with Crippen LogP contribution in [0.2, 0.25) is 0 Å². The van der Waals surface area contributed by atoms with Crippen LogP contribution in [0, 0.1) is 17.0 Å². The van der Waals surface area contributed by atoms with Crippen molar-refractivity contribution >= 4 is 28.3 Å². The van der Waals surface area contributed by atoms with E-state index in [0.29, 0.717) is 11.1 Å². The van der Waals surface area contributed by atoms with E-state index < -0.39 is 17.5 Å². The van der Waals surface area contributed by atoms with Crippen molar-refractivity contribution in [1.29, 1.82) is 0 Å². The van der Waals surface area contributed by atoms with E-state index >= 15 is 0 Å². The molecule has 2 aromatic carbocycles. The van der Waals surface area contributed by atoms with E-state index in [4.69, 9.17) is 4.74 Å².